The molecule has 0 bridgehead atoms. The fourth-order valence-electron chi connectivity index (χ4n) is 5.00. The van der Waals surface area contributed by atoms with Crippen LogP contribution in [0.15, 0.2) is 57.9 Å². The normalized spacial score (nSPS) is 23.4. The average Bonchev–Trinajstić information content (AvgIpc) is 3.29. The topological polar surface area (TPSA) is 131 Å². The van der Waals surface area contributed by atoms with Gasteiger partial charge in [0.05, 0.1) is 5.60 Å². The van der Waals surface area contributed by atoms with Gasteiger partial charge in [0.2, 0.25) is 6.29 Å². The van der Waals surface area contributed by atoms with Gasteiger partial charge in [-0.25, -0.2) is 4.79 Å². The largest absolute Gasteiger partial charge is 0.462 e. The Morgan fingerprint density at radius 1 is 1.14 bits per heavy atom. The zero-order valence-corrected chi connectivity index (χ0v) is 21.0. The van der Waals surface area contributed by atoms with Crippen LogP contribution in [0.5, 0.6) is 5.75 Å². The van der Waals surface area contributed by atoms with Crippen molar-refractivity contribution in [2.45, 2.75) is 57.4 Å². The summed E-state index contributed by atoms with van der Waals surface area (Å²) in [6, 6.07) is 12.5. The third kappa shape index (κ3) is 4.44. The molecule has 3 heterocycles. The number of aryl methyl sites for hydroxylation is 1. The average molecular weight is 508 g/mol. The fraction of sp³-hybridized carbons (Fsp3) is 0.357. The van der Waals surface area contributed by atoms with E-state index in [4.69, 9.17) is 18.6 Å². The highest BCUT2D eigenvalue weighted by Crippen LogP contribution is 2.35. The van der Waals surface area contributed by atoms with E-state index in [0.717, 1.165) is 10.9 Å². The van der Waals surface area contributed by atoms with Gasteiger partial charge in [0.25, 0.3) is 0 Å². The van der Waals surface area contributed by atoms with E-state index in [1.165, 1.54) is 7.11 Å². The highest BCUT2D eigenvalue weighted by Gasteiger charge is 2.50. The van der Waals surface area contributed by atoms with Gasteiger partial charge in [-0.2, -0.15) is 0 Å². The number of Topliss-reactive ketones (excluding diaryl/α,β-unsaturated/α-hetero) is 1. The lowest BCUT2D eigenvalue weighted by atomic mass is 9.89. The van der Waals surface area contributed by atoms with Gasteiger partial charge in [-0.05, 0) is 45.0 Å². The molecule has 0 spiro atoms. The van der Waals surface area contributed by atoms with Crippen molar-refractivity contribution in [2.24, 2.45) is 0 Å². The lowest BCUT2D eigenvalue weighted by molar-refractivity contribution is -0.306. The predicted octanol–water partition coefficient (Wildman–Crippen LogP) is 3.26. The van der Waals surface area contributed by atoms with Crippen molar-refractivity contribution in [3.8, 4) is 5.75 Å². The number of ether oxygens (including phenoxy) is 3. The van der Waals surface area contributed by atoms with E-state index in [1.807, 2.05) is 24.3 Å². The van der Waals surface area contributed by atoms with Gasteiger partial charge in [0.15, 0.2) is 5.78 Å². The molecular formula is C28H29NO8. The van der Waals surface area contributed by atoms with E-state index in [2.05, 4.69) is 4.98 Å². The Labute approximate surface area is 212 Å². The molecule has 5 rings (SSSR count). The minimum absolute atomic E-state index is 0.104. The molecule has 37 heavy (non-hydrogen) atoms. The number of fused-ring (bicyclic) bond motifs is 2. The number of methoxy groups -OCH3 is 1. The minimum atomic E-state index is -1.36. The molecule has 4 atom stereocenters. The van der Waals surface area contributed by atoms with Crippen LogP contribution in [0.2, 0.25) is 0 Å². The number of benzene rings is 2. The van der Waals surface area contributed by atoms with Crippen LogP contribution in [0.4, 0.5) is 0 Å². The smallest absolute Gasteiger partial charge is 0.339 e. The number of aromatic nitrogens is 1. The predicted molar refractivity (Wildman–Crippen MR) is 136 cm³/mol. The molecule has 2 aromatic carbocycles. The third-order valence-electron chi connectivity index (χ3n) is 6.96. The molecule has 3 N–H and O–H groups in total. The van der Waals surface area contributed by atoms with Crippen LogP contribution >= 0.6 is 0 Å². The zero-order valence-electron chi connectivity index (χ0n) is 21.0. The maximum Gasteiger partial charge on any atom is 0.339 e. The van der Waals surface area contributed by atoms with Crippen molar-refractivity contribution in [1.82, 2.24) is 4.98 Å². The second-order valence-electron chi connectivity index (χ2n) is 9.86. The minimum Gasteiger partial charge on any atom is -0.462 e. The molecule has 9 heteroatoms. The molecule has 1 saturated heterocycles. The summed E-state index contributed by atoms with van der Waals surface area (Å²) in [5.74, 6) is 0.126. The maximum absolute atomic E-state index is 13.0. The standard InChI is InChI=1S/C28H29NO8/c1-14-21(35-27-23(32)22(31)25(34-4)28(2,3)37-27)10-9-15-11-16(26(33)36-24(14)15)12-20(30)18-13-29-19-8-6-5-7-17(18)19/h5-11,13,22-23,25,27,29,31-32H,12H2,1-4H3/t22-,23+,25+,27+/m0/s1. The van der Waals surface area contributed by atoms with Crippen LogP contribution < -0.4 is 10.4 Å². The highest BCUT2D eigenvalue weighted by atomic mass is 16.7. The highest BCUT2D eigenvalue weighted by molar-refractivity contribution is 6.08. The number of carbonyl (C=O) groups is 1. The molecule has 9 nitrogen and oxygen atoms in total. The van der Waals surface area contributed by atoms with Gasteiger partial charge < -0.3 is 33.8 Å². The number of H-pyrrole nitrogens is 1. The second kappa shape index (κ2) is 9.42. The first-order valence-corrected chi connectivity index (χ1v) is 12.0. The van der Waals surface area contributed by atoms with E-state index in [9.17, 15) is 19.8 Å². The van der Waals surface area contributed by atoms with Crippen LogP contribution in [0, 0.1) is 6.92 Å². The number of hydrogen-bond acceptors (Lipinski definition) is 8. The molecule has 2 aromatic heterocycles. The first kappa shape index (κ1) is 25.2. The number of rotatable bonds is 6. The van der Waals surface area contributed by atoms with Crippen molar-refractivity contribution >= 4 is 27.7 Å². The maximum atomic E-state index is 13.0. The summed E-state index contributed by atoms with van der Waals surface area (Å²) in [5.41, 5.74) is 0.877. The van der Waals surface area contributed by atoms with E-state index in [0.29, 0.717) is 27.8 Å². The van der Waals surface area contributed by atoms with Gasteiger partial charge in [-0.15, -0.1) is 0 Å². The Hall–Kier alpha value is -3.50. The number of para-hydroxylation sites is 1. The number of ketones is 1. The molecule has 0 saturated carbocycles. The molecule has 0 radical (unpaired) electrons. The summed E-state index contributed by atoms with van der Waals surface area (Å²) in [6.45, 7) is 5.18. The van der Waals surface area contributed by atoms with Crippen LogP contribution in [0.25, 0.3) is 21.9 Å². The van der Waals surface area contributed by atoms with Crippen molar-refractivity contribution in [2.75, 3.05) is 7.11 Å². The summed E-state index contributed by atoms with van der Waals surface area (Å²) >= 11 is 0. The molecule has 194 valence electrons. The van der Waals surface area contributed by atoms with Gasteiger partial charge in [0, 0.05) is 52.7 Å². The second-order valence-corrected chi connectivity index (χ2v) is 9.86. The molecule has 1 fully saturated rings. The van der Waals surface area contributed by atoms with E-state index in [1.54, 1.807) is 45.2 Å². The van der Waals surface area contributed by atoms with Gasteiger partial charge in [-0.3, -0.25) is 4.79 Å². The molecule has 0 aliphatic carbocycles. The first-order chi connectivity index (χ1) is 17.6. The summed E-state index contributed by atoms with van der Waals surface area (Å²) in [5, 5.41) is 22.5. The number of aliphatic hydroxyl groups is 2. The summed E-state index contributed by atoms with van der Waals surface area (Å²) in [4.78, 5) is 28.9. The van der Waals surface area contributed by atoms with Crippen molar-refractivity contribution in [1.29, 1.82) is 0 Å². The van der Waals surface area contributed by atoms with E-state index < -0.39 is 35.8 Å². The zero-order chi connectivity index (χ0) is 26.5. The Morgan fingerprint density at radius 3 is 2.65 bits per heavy atom. The summed E-state index contributed by atoms with van der Waals surface area (Å²) in [6.07, 6.45) is -2.96. The number of nitrogens with one attached hydrogen (secondary N) is 1. The van der Waals surface area contributed by atoms with Gasteiger partial charge in [0.1, 0.15) is 29.6 Å². The molecular weight excluding hydrogens is 478 g/mol. The van der Waals surface area contributed by atoms with Crippen LogP contribution in [0.1, 0.15) is 35.3 Å². The van der Waals surface area contributed by atoms with Gasteiger partial charge in [-0.1, -0.05) is 18.2 Å². The number of aliphatic hydroxyl groups excluding tert-OH is 2. The molecule has 1 aliphatic rings. The van der Waals surface area contributed by atoms with Gasteiger partial charge >= 0.3 is 5.63 Å². The van der Waals surface area contributed by atoms with Crippen LogP contribution in [0.3, 0.4) is 0 Å². The molecule has 4 aromatic rings. The lowest BCUT2D eigenvalue weighted by Gasteiger charge is -2.46. The first-order valence-electron chi connectivity index (χ1n) is 12.0. The van der Waals surface area contributed by atoms with Crippen LogP contribution in [-0.4, -0.2) is 58.3 Å². The third-order valence-corrected chi connectivity index (χ3v) is 6.96. The molecule has 0 unspecified atom stereocenters. The Morgan fingerprint density at radius 2 is 1.89 bits per heavy atom. The van der Waals surface area contributed by atoms with Crippen molar-refractivity contribution in [3.05, 3.63) is 75.8 Å². The Bertz CT molecular complexity index is 1530. The molecule has 0 amide bonds. The molecule has 1 aliphatic heterocycles. The van der Waals surface area contributed by atoms with E-state index in [-0.39, 0.29) is 17.8 Å². The SMILES string of the molecule is CO[C@@H]1[C@@H](O)[C@@H](O)[C@H](Oc2ccc3cc(CC(=O)c4c[nH]c5ccccc45)c(=O)oc3c2C)OC1(C)C. The Kier molecular flexibility index (Phi) is 6.41. The fourth-order valence-corrected chi connectivity index (χ4v) is 5.00. The quantitative estimate of drug-likeness (QED) is 0.268. The number of hydrogen-bond donors (Lipinski definition) is 3. The number of aromatic amines is 1. The van der Waals surface area contributed by atoms with Crippen LogP contribution in [-0.2, 0) is 15.9 Å². The van der Waals surface area contributed by atoms with Crippen molar-refractivity contribution < 1.29 is 33.6 Å². The van der Waals surface area contributed by atoms with Crippen molar-refractivity contribution in [3.63, 3.8) is 0 Å². The number of carbonyl (C=O) groups excluding carboxylic acids is 1. The summed E-state index contributed by atoms with van der Waals surface area (Å²) in [7, 11) is 1.44. The van der Waals surface area contributed by atoms with E-state index >= 15 is 0 Å². The lowest BCUT2D eigenvalue weighted by Crippen LogP contribution is -2.63. The summed E-state index contributed by atoms with van der Waals surface area (Å²) < 4.78 is 22.7. The monoisotopic (exact) mass is 507 g/mol. The Balaban J connectivity index is 1.41.